The fourth-order valence-electron chi connectivity index (χ4n) is 3.21. The minimum absolute atomic E-state index is 0.110. The van der Waals surface area contributed by atoms with Crippen LogP contribution in [0.15, 0.2) is 29.8 Å². The summed E-state index contributed by atoms with van der Waals surface area (Å²) in [7, 11) is 4.69. The summed E-state index contributed by atoms with van der Waals surface area (Å²) in [5.41, 5.74) is 0.795. The number of methoxy groups -OCH3 is 3. The molecular formula is C20H25N3O4S. The van der Waals surface area contributed by atoms with Gasteiger partial charge in [-0.3, -0.25) is 4.79 Å². The van der Waals surface area contributed by atoms with E-state index < -0.39 is 0 Å². The van der Waals surface area contributed by atoms with Gasteiger partial charge in [0.05, 0.1) is 21.3 Å². The van der Waals surface area contributed by atoms with Crippen molar-refractivity contribution in [1.82, 2.24) is 10.3 Å². The molecule has 0 bridgehead atoms. The monoisotopic (exact) mass is 403 g/mol. The normalized spacial score (nSPS) is 14.9. The number of hydrogen-bond donors (Lipinski definition) is 1. The van der Waals surface area contributed by atoms with Crippen LogP contribution in [0.4, 0.5) is 5.13 Å². The van der Waals surface area contributed by atoms with Gasteiger partial charge in [0.25, 0.3) is 0 Å². The van der Waals surface area contributed by atoms with E-state index in [4.69, 9.17) is 14.2 Å². The first-order valence-electron chi connectivity index (χ1n) is 9.07. The number of carbonyl (C=O) groups excluding carboxylic acids is 1. The van der Waals surface area contributed by atoms with Crippen molar-refractivity contribution in [3.63, 3.8) is 0 Å². The van der Waals surface area contributed by atoms with E-state index in [1.165, 1.54) is 6.08 Å². The Morgan fingerprint density at radius 1 is 1.18 bits per heavy atom. The number of aromatic nitrogens is 1. The van der Waals surface area contributed by atoms with Gasteiger partial charge in [-0.2, -0.15) is 0 Å². The number of ether oxygens (including phenoxy) is 3. The molecule has 28 heavy (non-hydrogen) atoms. The Kier molecular flexibility index (Phi) is 6.76. The quantitative estimate of drug-likeness (QED) is 0.717. The number of amides is 1. The van der Waals surface area contributed by atoms with Crippen molar-refractivity contribution in [3.05, 3.63) is 35.3 Å². The van der Waals surface area contributed by atoms with Crippen molar-refractivity contribution in [2.45, 2.75) is 18.9 Å². The average Bonchev–Trinajstić information content (AvgIpc) is 3.26. The zero-order valence-corrected chi connectivity index (χ0v) is 17.1. The van der Waals surface area contributed by atoms with E-state index in [1.54, 1.807) is 50.9 Å². The van der Waals surface area contributed by atoms with Crippen LogP contribution in [0.1, 0.15) is 18.4 Å². The summed E-state index contributed by atoms with van der Waals surface area (Å²) in [6.45, 7) is 1.80. The number of nitrogens with zero attached hydrogens (tertiary/aromatic N) is 2. The number of hydrogen-bond acceptors (Lipinski definition) is 7. The minimum Gasteiger partial charge on any atom is -0.493 e. The van der Waals surface area contributed by atoms with Crippen LogP contribution >= 0.6 is 11.3 Å². The van der Waals surface area contributed by atoms with Crippen molar-refractivity contribution in [3.8, 4) is 17.2 Å². The number of nitrogens with one attached hydrogen (secondary N) is 1. The van der Waals surface area contributed by atoms with Gasteiger partial charge in [0.1, 0.15) is 0 Å². The highest BCUT2D eigenvalue weighted by molar-refractivity contribution is 7.13. The molecule has 8 heteroatoms. The van der Waals surface area contributed by atoms with Gasteiger partial charge in [-0.05, 0) is 36.6 Å². The van der Waals surface area contributed by atoms with Gasteiger partial charge in [-0.1, -0.05) is 0 Å². The smallest absolute Gasteiger partial charge is 0.244 e. The summed E-state index contributed by atoms with van der Waals surface area (Å²) in [6.07, 6.45) is 6.91. The first-order chi connectivity index (χ1) is 13.6. The van der Waals surface area contributed by atoms with E-state index in [0.717, 1.165) is 36.6 Å². The first kappa shape index (κ1) is 20.0. The second-order valence-corrected chi connectivity index (χ2v) is 7.25. The Hall–Kier alpha value is -2.74. The molecule has 2 aromatic rings. The maximum Gasteiger partial charge on any atom is 0.244 e. The Balaban J connectivity index is 1.57. The molecule has 1 amide bonds. The molecule has 3 rings (SSSR count). The lowest BCUT2D eigenvalue weighted by molar-refractivity contribution is -0.117. The molecule has 1 N–H and O–H groups in total. The van der Waals surface area contributed by atoms with Gasteiger partial charge in [0, 0.05) is 36.8 Å². The third kappa shape index (κ3) is 4.75. The molecule has 1 fully saturated rings. The summed E-state index contributed by atoms with van der Waals surface area (Å²) in [6, 6.07) is 3.78. The van der Waals surface area contributed by atoms with Crippen molar-refractivity contribution >= 4 is 28.5 Å². The molecular weight excluding hydrogens is 378 g/mol. The number of piperidine rings is 1. The Morgan fingerprint density at radius 2 is 1.86 bits per heavy atom. The van der Waals surface area contributed by atoms with E-state index in [0.29, 0.717) is 17.2 Å². The van der Waals surface area contributed by atoms with Crippen LogP contribution in [-0.2, 0) is 4.79 Å². The second kappa shape index (κ2) is 9.45. The third-order valence-electron chi connectivity index (χ3n) is 4.65. The summed E-state index contributed by atoms with van der Waals surface area (Å²) in [5.74, 6) is 1.52. The molecule has 0 saturated carbocycles. The fourth-order valence-corrected chi connectivity index (χ4v) is 3.90. The van der Waals surface area contributed by atoms with Gasteiger partial charge in [0.15, 0.2) is 16.6 Å². The van der Waals surface area contributed by atoms with Crippen LogP contribution in [0.3, 0.4) is 0 Å². The zero-order valence-electron chi connectivity index (χ0n) is 16.3. The highest BCUT2D eigenvalue weighted by Gasteiger charge is 2.21. The van der Waals surface area contributed by atoms with Crippen molar-refractivity contribution in [1.29, 1.82) is 0 Å². The summed E-state index contributed by atoms with van der Waals surface area (Å²) in [5, 5.41) is 6.11. The molecule has 1 aliphatic heterocycles. The number of rotatable bonds is 7. The molecule has 0 unspecified atom stereocenters. The zero-order chi connectivity index (χ0) is 19.9. The molecule has 1 aliphatic rings. The fraction of sp³-hybridized carbons (Fsp3) is 0.400. The lowest BCUT2D eigenvalue weighted by atomic mass is 10.1. The molecule has 0 spiro atoms. The van der Waals surface area contributed by atoms with Crippen molar-refractivity contribution in [2.75, 3.05) is 39.3 Å². The lowest BCUT2D eigenvalue weighted by Crippen LogP contribution is -2.44. The van der Waals surface area contributed by atoms with Crippen LogP contribution in [0.25, 0.3) is 6.08 Å². The summed E-state index contributed by atoms with van der Waals surface area (Å²) < 4.78 is 16.0. The summed E-state index contributed by atoms with van der Waals surface area (Å²) >= 11 is 1.65. The van der Waals surface area contributed by atoms with Gasteiger partial charge in [-0.15, -0.1) is 11.3 Å². The molecule has 0 atom stereocenters. The topological polar surface area (TPSA) is 72.9 Å². The van der Waals surface area contributed by atoms with Crippen LogP contribution in [-0.4, -0.2) is 51.4 Å². The molecule has 1 saturated heterocycles. The van der Waals surface area contributed by atoms with E-state index in [1.807, 2.05) is 11.6 Å². The number of carbonyl (C=O) groups is 1. The van der Waals surface area contributed by atoms with E-state index in [-0.39, 0.29) is 11.9 Å². The number of benzene rings is 1. The van der Waals surface area contributed by atoms with E-state index in [2.05, 4.69) is 15.2 Å². The molecule has 1 aromatic carbocycles. The van der Waals surface area contributed by atoms with Crippen LogP contribution in [0.5, 0.6) is 17.2 Å². The molecule has 0 radical (unpaired) electrons. The van der Waals surface area contributed by atoms with E-state index in [9.17, 15) is 4.79 Å². The highest BCUT2D eigenvalue weighted by atomic mass is 32.1. The predicted molar refractivity (Wildman–Crippen MR) is 111 cm³/mol. The highest BCUT2D eigenvalue weighted by Crippen LogP contribution is 2.38. The minimum atomic E-state index is -0.110. The predicted octanol–water partition coefficient (Wildman–Crippen LogP) is 2.97. The SMILES string of the molecule is COc1cc(/C=C/C(=O)NC2CCN(c3nccs3)CC2)cc(OC)c1OC. The first-order valence-corrected chi connectivity index (χ1v) is 9.95. The van der Waals surface area contributed by atoms with Gasteiger partial charge in [0.2, 0.25) is 11.7 Å². The van der Waals surface area contributed by atoms with Crippen LogP contribution in [0, 0.1) is 0 Å². The Labute approximate surface area is 168 Å². The largest absolute Gasteiger partial charge is 0.493 e. The van der Waals surface area contributed by atoms with Crippen LogP contribution in [0.2, 0.25) is 0 Å². The molecule has 2 heterocycles. The van der Waals surface area contributed by atoms with Crippen molar-refractivity contribution in [2.24, 2.45) is 0 Å². The number of thiazole rings is 1. The lowest BCUT2D eigenvalue weighted by Gasteiger charge is -2.31. The Bertz CT molecular complexity index is 790. The molecule has 1 aromatic heterocycles. The van der Waals surface area contributed by atoms with Crippen LogP contribution < -0.4 is 24.4 Å². The van der Waals surface area contributed by atoms with Gasteiger partial charge in [-0.25, -0.2) is 4.98 Å². The molecule has 7 nitrogen and oxygen atoms in total. The Morgan fingerprint density at radius 3 is 2.39 bits per heavy atom. The van der Waals surface area contributed by atoms with Crippen molar-refractivity contribution < 1.29 is 19.0 Å². The van der Waals surface area contributed by atoms with E-state index >= 15 is 0 Å². The number of anilines is 1. The maximum atomic E-state index is 12.3. The maximum absolute atomic E-state index is 12.3. The average molecular weight is 404 g/mol. The summed E-state index contributed by atoms with van der Waals surface area (Å²) in [4.78, 5) is 18.9. The third-order valence-corrected chi connectivity index (χ3v) is 5.48. The van der Waals surface area contributed by atoms with Gasteiger partial charge < -0.3 is 24.4 Å². The standard InChI is InChI=1S/C20H25N3O4S/c1-25-16-12-14(13-17(26-2)19(16)27-3)4-5-18(24)22-15-6-9-23(10-7-15)20-21-8-11-28-20/h4-5,8,11-13,15H,6-7,9-10H2,1-3H3,(H,22,24)/b5-4+. The second-order valence-electron chi connectivity index (χ2n) is 6.38. The molecule has 150 valence electrons. The van der Waals surface area contributed by atoms with Gasteiger partial charge >= 0.3 is 0 Å². The molecule has 0 aliphatic carbocycles.